The number of benzene rings is 3. The Morgan fingerprint density at radius 3 is 2.62 bits per heavy atom. The third-order valence-electron chi connectivity index (χ3n) is 6.21. The zero-order valence-electron chi connectivity index (χ0n) is 22.9. The van der Waals surface area contributed by atoms with Crippen molar-refractivity contribution in [3.05, 3.63) is 83.1 Å². The number of hydrogen-bond acceptors (Lipinski definition) is 8. The fourth-order valence-electron chi connectivity index (χ4n) is 4.48. The molecule has 0 saturated carbocycles. The summed E-state index contributed by atoms with van der Waals surface area (Å²) in [6.07, 6.45) is -0.399. The molecule has 4 N–H and O–H groups in total. The van der Waals surface area contributed by atoms with Gasteiger partial charge in [0.25, 0.3) is 0 Å². The fraction of sp³-hybridized carbons (Fsp3) is 0.290. The van der Waals surface area contributed by atoms with Crippen molar-refractivity contribution in [2.24, 2.45) is 5.73 Å². The minimum atomic E-state index is -0.417. The van der Waals surface area contributed by atoms with Crippen LogP contribution in [0.3, 0.4) is 0 Å². The van der Waals surface area contributed by atoms with Crippen molar-refractivity contribution in [1.29, 1.82) is 0 Å². The van der Waals surface area contributed by atoms with Crippen molar-refractivity contribution in [3.63, 3.8) is 0 Å². The summed E-state index contributed by atoms with van der Waals surface area (Å²) in [6, 6.07) is 18.7. The van der Waals surface area contributed by atoms with Gasteiger partial charge >= 0.3 is 5.97 Å². The number of amides is 1. The van der Waals surface area contributed by atoms with Crippen LogP contribution in [0.2, 0.25) is 0 Å². The number of aliphatic hydroxyl groups is 1. The molecule has 0 spiro atoms. The lowest BCUT2D eigenvalue weighted by Crippen LogP contribution is -2.21. The van der Waals surface area contributed by atoms with E-state index in [1.54, 1.807) is 38.3 Å². The molecule has 0 aliphatic heterocycles. The average Bonchev–Trinajstić information content (AvgIpc) is 3.35. The van der Waals surface area contributed by atoms with Gasteiger partial charge in [0.1, 0.15) is 36.4 Å². The number of furan rings is 1. The Hall–Kier alpha value is -4.18. The van der Waals surface area contributed by atoms with Crippen molar-refractivity contribution in [3.8, 4) is 16.9 Å². The molecule has 1 heterocycles. The second kappa shape index (κ2) is 13.3. The summed E-state index contributed by atoms with van der Waals surface area (Å²) >= 11 is 0. The van der Waals surface area contributed by atoms with Crippen LogP contribution in [-0.4, -0.2) is 36.8 Å². The molecule has 0 radical (unpaired) electrons. The highest BCUT2D eigenvalue weighted by atomic mass is 16.6. The Bertz CT molecular complexity index is 1490. The molecule has 0 aliphatic rings. The van der Waals surface area contributed by atoms with Crippen LogP contribution in [0.1, 0.15) is 36.3 Å². The Kier molecular flexibility index (Phi) is 9.55. The molecule has 1 amide bonds. The van der Waals surface area contributed by atoms with Gasteiger partial charge in [0.05, 0.1) is 13.0 Å². The van der Waals surface area contributed by atoms with Crippen LogP contribution in [0, 0.1) is 0 Å². The van der Waals surface area contributed by atoms with Crippen molar-refractivity contribution >= 4 is 28.5 Å². The van der Waals surface area contributed by atoms with E-state index >= 15 is 0 Å². The minimum Gasteiger partial charge on any atom is -0.489 e. The number of rotatable bonds is 12. The molecule has 40 heavy (non-hydrogen) atoms. The van der Waals surface area contributed by atoms with E-state index < -0.39 is 5.97 Å². The molecule has 1 aromatic heterocycles. The van der Waals surface area contributed by atoms with Gasteiger partial charge in [0.2, 0.25) is 5.91 Å². The first-order valence-electron chi connectivity index (χ1n) is 13.0. The highest BCUT2D eigenvalue weighted by molar-refractivity contribution is 5.94. The van der Waals surface area contributed by atoms with Crippen LogP contribution in [0.25, 0.3) is 22.1 Å². The predicted octanol–water partition coefficient (Wildman–Crippen LogP) is 4.71. The Morgan fingerprint density at radius 2 is 1.90 bits per heavy atom. The Balaban J connectivity index is 1.65. The zero-order chi connectivity index (χ0) is 28.6. The number of aliphatic hydroxyl groups excluding tert-OH is 1. The highest BCUT2D eigenvalue weighted by Crippen LogP contribution is 2.34. The van der Waals surface area contributed by atoms with Gasteiger partial charge in [0.15, 0.2) is 0 Å². The van der Waals surface area contributed by atoms with Gasteiger partial charge in [-0.1, -0.05) is 24.3 Å². The number of fused-ring (bicyclic) bond motifs is 1. The predicted molar refractivity (Wildman–Crippen MR) is 152 cm³/mol. The third-order valence-corrected chi connectivity index (χ3v) is 6.21. The van der Waals surface area contributed by atoms with Crippen LogP contribution in [0.5, 0.6) is 5.75 Å². The normalized spacial score (nSPS) is 11.8. The molecule has 210 valence electrons. The van der Waals surface area contributed by atoms with Gasteiger partial charge in [-0.15, -0.1) is 0 Å². The highest BCUT2D eigenvalue weighted by Gasteiger charge is 2.17. The van der Waals surface area contributed by atoms with E-state index in [-0.39, 0.29) is 31.6 Å². The molecule has 0 fully saturated rings. The summed E-state index contributed by atoms with van der Waals surface area (Å²) in [6.45, 7) is 3.83. The van der Waals surface area contributed by atoms with E-state index in [2.05, 4.69) is 5.32 Å². The van der Waals surface area contributed by atoms with Crippen LogP contribution in [0.4, 0.5) is 5.69 Å². The second-order valence-corrected chi connectivity index (χ2v) is 9.56. The summed E-state index contributed by atoms with van der Waals surface area (Å²) in [5.74, 6) is 0.259. The van der Waals surface area contributed by atoms with Gasteiger partial charge in [-0.25, -0.2) is 0 Å². The lowest BCUT2D eigenvalue weighted by Gasteiger charge is -2.16. The van der Waals surface area contributed by atoms with E-state index in [1.165, 1.54) is 6.92 Å². The molecule has 3 aromatic carbocycles. The number of carbonyl (C=O) groups excluding carboxylic acids is 2. The zero-order valence-corrected chi connectivity index (χ0v) is 22.9. The molecule has 0 saturated heterocycles. The number of esters is 1. The molecule has 9 heteroatoms. The number of carbonyl (C=O) groups is 2. The minimum absolute atomic E-state index is 0.0124. The molecule has 0 bridgehead atoms. The number of methoxy groups -OCH3 is 1. The average molecular weight is 547 g/mol. The SMILES string of the molecule is COCC(C)OC(=O)Cc1ccc(NC(C)=O)cc1OCc1cc(-c2cccc(CN)c2)c2oc(CO)cc2c1. The maximum atomic E-state index is 12.6. The molecule has 9 nitrogen and oxygen atoms in total. The number of anilines is 1. The quantitative estimate of drug-likeness (QED) is 0.218. The molecular formula is C31H34N2O7. The first kappa shape index (κ1) is 28.8. The molecular weight excluding hydrogens is 512 g/mol. The first-order valence-corrected chi connectivity index (χ1v) is 13.0. The number of nitrogens with one attached hydrogen (secondary N) is 1. The van der Waals surface area contributed by atoms with Crippen molar-refractivity contribution < 1.29 is 33.3 Å². The van der Waals surface area contributed by atoms with Crippen LogP contribution < -0.4 is 15.8 Å². The third kappa shape index (κ3) is 7.26. The van der Waals surface area contributed by atoms with Gasteiger partial charge < -0.3 is 34.8 Å². The number of ether oxygens (including phenoxy) is 3. The standard InChI is InChI=1S/C31H34N2O7/c1-19(17-37-3)39-30(36)13-24-7-8-26(33-20(2)35)14-29(24)38-18-22-10-25-12-27(16-34)40-31(25)28(11-22)23-6-4-5-21(9-23)15-32/h4-12,14,19,34H,13,15-18,32H2,1-3H3,(H,33,35). The monoisotopic (exact) mass is 546 g/mol. The topological polar surface area (TPSA) is 133 Å². The number of hydrogen-bond donors (Lipinski definition) is 3. The Morgan fingerprint density at radius 1 is 1.07 bits per heavy atom. The maximum Gasteiger partial charge on any atom is 0.310 e. The van der Waals surface area contributed by atoms with Crippen molar-refractivity contribution in [1.82, 2.24) is 0 Å². The Labute approximate surface area is 232 Å². The summed E-state index contributed by atoms with van der Waals surface area (Å²) < 4.78 is 22.6. The van der Waals surface area contributed by atoms with Gasteiger partial charge in [-0.2, -0.15) is 0 Å². The van der Waals surface area contributed by atoms with Gasteiger partial charge in [-0.3, -0.25) is 9.59 Å². The van der Waals surface area contributed by atoms with Crippen molar-refractivity contribution in [2.75, 3.05) is 19.0 Å². The summed E-state index contributed by atoms with van der Waals surface area (Å²) in [4.78, 5) is 24.2. The summed E-state index contributed by atoms with van der Waals surface area (Å²) in [5.41, 5.74) is 11.3. The molecule has 1 atom stereocenters. The molecule has 1 unspecified atom stereocenters. The second-order valence-electron chi connectivity index (χ2n) is 9.56. The van der Waals surface area contributed by atoms with E-state index in [9.17, 15) is 14.7 Å². The van der Waals surface area contributed by atoms with Crippen LogP contribution in [-0.2, 0) is 45.2 Å². The largest absolute Gasteiger partial charge is 0.489 e. The van der Waals surface area contributed by atoms with E-state index in [0.717, 1.165) is 27.6 Å². The van der Waals surface area contributed by atoms with Crippen LogP contribution in [0.15, 0.2) is 65.1 Å². The molecule has 4 aromatic rings. The van der Waals surface area contributed by atoms with Gasteiger partial charge in [-0.05, 0) is 53.9 Å². The van der Waals surface area contributed by atoms with E-state index in [1.807, 2.05) is 36.4 Å². The maximum absolute atomic E-state index is 12.6. The molecule has 0 aliphatic carbocycles. The lowest BCUT2D eigenvalue weighted by molar-refractivity contribution is -0.149. The van der Waals surface area contributed by atoms with E-state index in [4.69, 9.17) is 24.4 Å². The van der Waals surface area contributed by atoms with Crippen LogP contribution >= 0.6 is 0 Å². The fourth-order valence-corrected chi connectivity index (χ4v) is 4.48. The number of nitrogens with two attached hydrogens (primary N) is 1. The van der Waals surface area contributed by atoms with E-state index in [0.29, 0.717) is 41.5 Å². The smallest absolute Gasteiger partial charge is 0.310 e. The summed E-state index contributed by atoms with van der Waals surface area (Å²) in [7, 11) is 1.54. The first-order chi connectivity index (χ1) is 19.3. The van der Waals surface area contributed by atoms with Gasteiger partial charge in [0, 0.05) is 48.8 Å². The molecule has 4 rings (SSSR count). The lowest BCUT2D eigenvalue weighted by atomic mass is 9.99. The van der Waals surface area contributed by atoms with Crippen molar-refractivity contribution in [2.45, 2.75) is 46.1 Å². The summed E-state index contributed by atoms with van der Waals surface area (Å²) in [5, 5.41) is 13.2.